The highest BCUT2D eigenvalue weighted by molar-refractivity contribution is 5.77. The maximum atomic E-state index is 11.2. The molecule has 3 heteroatoms. The molecule has 0 radical (unpaired) electrons. The predicted octanol–water partition coefficient (Wildman–Crippen LogP) is 2.36. The number of hydrogen-bond acceptors (Lipinski definition) is 2. The van der Waals surface area contributed by atoms with Crippen LogP contribution in [0.2, 0.25) is 0 Å². The van der Waals surface area contributed by atoms with Gasteiger partial charge in [0.25, 0.3) is 0 Å². The Morgan fingerprint density at radius 1 is 1.33 bits per heavy atom. The minimum atomic E-state index is -0.0268. The van der Waals surface area contributed by atoms with Crippen molar-refractivity contribution in [2.24, 2.45) is 5.41 Å². The molecule has 0 aliphatic carbocycles. The Morgan fingerprint density at radius 3 is 2.53 bits per heavy atom. The third-order valence-electron chi connectivity index (χ3n) is 2.50. The molecule has 0 aromatic heterocycles. The number of amides is 1. The summed E-state index contributed by atoms with van der Waals surface area (Å²) in [6, 6.07) is 0. The second-order valence-electron chi connectivity index (χ2n) is 4.83. The van der Waals surface area contributed by atoms with Crippen LogP contribution in [0.25, 0.3) is 0 Å². The molecule has 0 aliphatic heterocycles. The smallest absolute Gasteiger partial charge is 0.246 e. The van der Waals surface area contributed by atoms with E-state index in [1.54, 1.807) is 0 Å². The molecule has 0 atom stereocenters. The van der Waals surface area contributed by atoms with Crippen LogP contribution in [0, 0.1) is 5.41 Å². The molecule has 3 nitrogen and oxygen atoms in total. The molecule has 0 aromatic rings. The van der Waals surface area contributed by atoms with Crippen LogP contribution >= 0.6 is 0 Å². The van der Waals surface area contributed by atoms with Crippen LogP contribution in [0.4, 0.5) is 0 Å². The number of methoxy groups -OCH3 is 1. The minimum absolute atomic E-state index is 0.0268. The van der Waals surface area contributed by atoms with E-state index in [0.29, 0.717) is 0 Å². The van der Waals surface area contributed by atoms with Gasteiger partial charge in [0.15, 0.2) is 0 Å². The molecule has 0 aliphatic rings. The van der Waals surface area contributed by atoms with Crippen LogP contribution in [-0.4, -0.2) is 26.2 Å². The number of rotatable bonds is 8. The summed E-state index contributed by atoms with van der Waals surface area (Å²) in [5.41, 5.74) is 0.193. The third-order valence-corrected chi connectivity index (χ3v) is 2.50. The monoisotopic (exact) mass is 215 g/mol. The van der Waals surface area contributed by atoms with Gasteiger partial charge in [0.2, 0.25) is 5.91 Å². The van der Waals surface area contributed by atoms with E-state index in [0.717, 1.165) is 13.0 Å². The van der Waals surface area contributed by atoms with E-state index in [-0.39, 0.29) is 17.9 Å². The zero-order chi connectivity index (χ0) is 11.7. The van der Waals surface area contributed by atoms with E-state index in [4.69, 9.17) is 4.74 Å². The molecule has 0 fully saturated rings. The van der Waals surface area contributed by atoms with Crippen molar-refractivity contribution in [3.63, 3.8) is 0 Å². The van der Waals surface area contributed by atoms with Gasteiger partial charge in [-0.3, -0.25) is 4.79 Å². The summed E-state index contributed by atoms with van der Waals surface area (Å²) >= 11 is 0. The van der Waals surface area contributed by atoms with Crippen molar-refractivity contribution in [2.45, 2.75) is 46.5 Å². The standard InChI is InChI=1S/C12H25NO2/c1-5-6-7-8-12(2,3)10-13-11(14)9-15-4/h5-10H2,1-4H3,(H,13,14). The lowest BCUT2D eigenvalue weighted by Gasteiger charge is -2.24. The van der Waals surface area contributed by atoms with Crippen LogP contribution in [0.5, 0.6) is 0 Å². The Morgan fingerprint density at radius 2 is 2.00 bits per heavy atom. The Balaban J connectivity index is 3.67. The fourth-order valence-corrected chi connectivity index (χ4v) is 1.46. The van der Waals surface area contributed by atoms with Gasteiger partial charge in [-0.05, 0) is 11.8 Å². The SMILES string of the molecule is CCCCCC(C)(C)CNC(=O)COC. The van der Waals surface area contributed by atoms with Crippen molar-refractivity contribution in [3.8, 4) is 0 Å². The predicted molar refractivity (Wildman–Crippen MR) is 62.8 cm³/mol. The van der Waals surface area contributed by atoms with Crippen molar-refractivity contribution in [1.29, 1.82) is 0 Å². The van der Waals surface area contributed by atoms with Crippen molar-refractivity contribution in [3.05, 3.63) is 0 Å². The topological polar surface area (TPSA) is 38.3 Å². The quantitative estimate of drug-likeness (QED) is 0.631. The largest absolute Gasteiger partial charge is 0.375 e. The molecular formula is C12H25NO2. The average molecular weight is 215 g/mol. The number of ether oxygens (including phenoxy) is 1. The van der Waals surface area contributed by atoms with Crippen LogP contribution in [0.1, 0.15) is 46.5 Å². The van der Waals surface area contributed by atoms with Gasteiger partial charge in [-0.25, -0.2) is 0 Å². The fourth-order valence-electron chi connectivity index (χ4n) is 1.46. The summed E-state index contributed by atoms with van der Waals surface area (Å²) < 4.78 is 4.76. The van der Waals surface area contributed by atoms with Crippen LogP contribution in [0.15, 0.2) is 0 Å². The number of carbonyl (C=O) groups excluding carboxylic acids is 1. The molecule has 0 unspecified atom stereocenters. The lowest BCUT2D eigenvalue weighted by molar-refractivity contribution is -0.125. The third kappa shape index (κ3) is 8.43. The van der Waals surface area contributed by atoms with E-state index < -0.39 is 0 Å². The van der Waals surface area contributed by atoms with Crippen molar-refractivity contribution in [1.82, 2.24) is 5.32 Å². The van der Waals surface area contributed by atoms with E-state index >= 15 is 0 Å². The maximum absolute atomic E-state index is 11.2. The Kier molecular flexibility index (Phi) is 7.39. The molecule has 1 amide bonds. The van der Waals surface area contributed by atoms with Gasteiger partial charge < -0.3 is 10.1 Å². The van der Waals surface area contributed by atoms with Crippen molar-refractivity contribution >= 4 is 5.91 Å². The van der Waals surface area contributed by atoms with Crippen molar-refractivity contribution < 1.29 is 9.53 Å². The highest BCUT2D eigenvalue weighted by Crippen LogP contribution is 2.22. The highest BCUT2D eigenvalue weighted by atomic mass is 16.5. The van der Waals surface area contributed by atoms with Gasteiger partial charge >= 0.3 is 0 Å². The van der Waals surface area contributed by atoms with Crippen LogP contribution < -0.4 is 5.32 Å². The van der Waals surface area contributed by atoms with E-state index in [9.17, 15) is 4.79 Å². The molecular weight excluding hydrogens is 190 g/mol. The molecule has 0 saturated heterocycles. The number of hydrogen-bond donors (Lipinski definition) is 1. The summed E-state index contributed by atoms with van der Waals surface area (Å²) in [5.74, 6) is -0.0268. The Labute approximate surface area is 93.6 Å². The Hall–Kier alpha value is -0.570. The molecule has 0 spiro atoms. The second-order valence-corrected chi connectivity index (χ2v) is 4.83. The normalized spacial score (nSPS) is 11.5. The van der Waals surface area contributed by atoms with Gasteiger partial charge in [-0.15, -0.1) is 0 Å². The van der Waals surface area contributed by atoms with Gasteiger partial charge in [0.05, 0.1) is 0 Å². The number of nitrogens with one attached hydrogen (secondary N) is 1. The fraction of sp³-hybridized carbons (Fsp3) is 0.917. The highest BCUT2D eigenvalue weighted by Gasteiger charge is 2.17. The van der Waals surface area contributed by atoms with Gasteiger partial charge in [-0.1, -0.05) is 40.0 Å². The first-order valence-corrected chi connectivity index (χ1v) is 5.77. The number of carbonyl (C=O) groups is 1. The summed E-state index contributed by atoms with van der Waals surface area (Å²) in [5, 5.41) is 2.89. The summed E-state index contributed by atoms with van der Waals surface area (Å²) in [6.45, 7) is 7.47. The molecule has 0 aromatic carbocycles. The molecule has 0 saturated carbocycles. The van der Waals surface area contributed by atoms with E-state index in [1.165, 1.54) is 26.4 Å². The molecule has 1 N–H and O–H groups in total. The van der Waals surface area contributed by atoms with E-state index in [2.05, 4.69) is 26.1 Å². The van der Waals surface area contributed by atoms with Gasteiger partial charge in [0, 0.05) is 13.7 Å². The zero-order valence-corrected chi connectivity index (χ0v) is 10.6. The Bertz CT molecular complexity index is 178. The van der Waals surface area contributed by atoms with Crippen molar-refractivity contribution in [2.75, 3.05) is 20.3 Å². The molecule has 15 heavy (non-hydrogen) atoms. The maximum Gasteiger partial charge on any atom is 0.246 e. The van der Waals surface area contributed by atoms with Crippen LogP contribution in [-0.2, 0) is 9.53 Å². The zero-order valence-electron chi connectivity index (χ0n) is 10.6. The first-order valence-electron chi connectivity index (χ1n) is 5.77. The first-order chi connectivity index (χ1) is 7.02. The van der Waals surface area contributed by atoms with E-state index in [1.807, 2.05) is 0 Å². The number of unbranched alkanes of at least 4 members (excludes halogenated alkanes) is 2. The summed E-state index contributed by atoms with van der Waals surface area (Å²) in [7, 11) is 1.53. The first kappa shape index (κ1) is 14.4. The average Bonchev–Trinajstić information content (AvgIpc) is 2.16. The summed E-state index contributed by atoms with van der Waals surface area (Å²) in [4.78, 5) is 11.2. The minimum Gasteiger partial charge on any atom is -0.375 e. The molecule has 0 rings (SSSR count). The molecule has 0 bridgehead atoms. The van der Waals surface area contributed by atoms with Crippen LogP contribution in [0.3, 0.4) is 0 Å². The molecule has 0 heterocycles. The summed E-state index contributed by atoms with van der Waals surface area (Å²) in [6.07, 6.45) is 4.92. The lowest BCUT2D eigenvalue weighted by atomic mass is 9.87. The van der Waals surface area contributed by atoms with Gasteiger partial charge in [-0.2, -0.15) is 0 Å². The lowest BCUT2D eigenvalue weighted by Crippen LogP contribution is -2.35. The second kappa shape index (κ2) is 7.69. The van der Waals surface area contributed by atoms with Gasteiger partial charge in [0.1, 0.15) is 6.61 Å². The molecule has 90 valence electrons.